The summed E-state index contributed by atoms with van der Waals surface area (Å²) >= 11 is 5.94. The summed E-state index contributed by atoms with van der Waals surface area (Å²) in [7, 11) is 1.86. The molecule has 1 heterocycles. The van der Waals surface area contributed by atoms with Gasteiger partial charge in [0.25, 0.3) is 0 Å². The Morgan fingerprint density at radius 2 is 1.82 bits per heavy atom. The van der Waals surface area contributed by atoms with Crippen LogP contribution in [0.3, 0.4) is 0 Å². The lowest BCUT2D eigenvalue weighted by Gasteiger charge is -2.18. The second-order valence-corrected chi connectivity index (χ2v) is 4.01. The van der Waals surface area contributed by atoms with Crippen molar-refractivity contribution in [1.82, 2.24) is 9.97 Å². The summed E-state index contributed by atoms with van der Waals surface area (Å²) < 4.78 is 12.8. The molecule has 0 aliphatic carbocycles. The maximum Gasteiger partial charge on any atom is 0.171 e. The number of halogens is 2. The molecule has 0 N–H and O–H groups in total. The number of hydrogen-bond acceptors (Lipinski definition) is 3. The summed E-state index contributed by atoms with van der Waals surface area (Å²) in [6.07, 6.45) is 3.12. The van der Waals surface area contributed by atoms with Crippen LogP contribution in [0.5, 0.6) is 0 Å². The minimum Gasteiger partial charge on any atom is -0.353 e. The number of benzene rings is 1. The second-order valence-electron chi connectivity index (χ2n) is 3.65. The first-order chi connectivity index (χ1) is 8.16. The molecule has 0 radical (unpaired) electrons. The first-order valence-corrected chi connectivity index (χ1v) is 5.46. The SMILES string of the molecule is CN(Cc1ccc(F)cc1)c1nccnc1Cl. The summed E-state index contributed by atoms with van der Waals surface area (Å²) in [5.74, 6) is 0.368. The van der Waals surface area contributed by atoms with E-state index in [1.807, 2.05) is 11.9 Å². The molecular formula is C12H11ClFN3. The summed E-state index contributed by atoms with van der Waals surface area (Å²) in [4.78, 5) is 9.97. The first kappa shape index (κ1) is 11.8. The van der Waals surface area contributed by atoms with Crippen LogP contribution in [-0.4, -0.2) is 17.0 Å². The standard InChI is InChI=1S/C12H11ClFN3/c1-17(12-11(13)15-6-7-16-12)8-9-2-4-10(14)5-3-9/h2-7H,8H2,1H3. The molecule has 1 aromatic heterocycles. The van der Waals surface area contributed by atoms with Crippen molar-refractivity contribution in [2.24, 2.45) is 0 Å². The van der Waals surface area contributed by atoms with Gasteiger partial charge < -0.3 is 4.90 Å². The quantitative estimate of drug-likeness (QED) is 0.840. The molecule has 0 saturated heterocycles. The van der Waals surface area contributed by atoms with E-state index in [0.29, 0.717) is 17.5 Å². The van der Waals surface area contributed by atoms with Gasteiger partial charge in [0, 0.05) is 26.0 Å². The van der Waals surface area contributed by atoms with Crippen molar-refractivity contribution in [3.63, 3.8) is 0 Å². The van der Waals surface area contributed by atoms with E-state index in [1.54, 1.807) is 18.3 Å². The Morgan fingerprint density at radius 3 is 2.47 bits per heavy atom. The van der Waals surface area contributed by atoms with E-state index in [9.17, 15) is 4.39 Å². The van der Waals surface area contributed by atoms with Crippen LogP contribution in [-0.2, 0) is 6.54 Å². The van der Waals surface area contributed by atoms with Crippen molar-refractivity contribution < 1.29 is 4.39 Å². The van der Waals surface area contributed by atoms with Gasteiger partial charge in [-0.2, -0.15) is 0 Å². The third-order valence-electron chi connectivity index (χ3n) is 2.33. The Morgan fingerprint density at radius 1 is 1.18 bits per heavy atom. The molecule has 17 heavy (non-hydrogen) atoms. The molecule has 0 amide bonds. The fourth-order valence-electron chi connectivity index (χ4n) is 1.51. The topological polar surface area (TPSA) is 29.0 Å². The van der Waals surface area contributed by atoms with Crippen LogP contribution in [0.25, 0.3) is 0 Å². The van der Waals surface area contributed by atoms with Gasteiger partial charge >= 0.3 is 0 Å². The third kappa shape index (κ3) is 2.91. The van der Waals surface area contributed by atoms with Crippen LogP contribution in [0.1, 0.15) is 5.56 Å². The minimum atomic E-state index is -0.242. The highest BCUT2D eigenvalue weighted by Crippen LogP contribution is 2.20. The lowest BCUT2D eigenvalue weighted by atomic mass is 10.2. The van der Waals surface area contributed by atoms with E-state index in [-0.39, 0.29) is 5.82 Å². The van der Waals surface area contributed by atoms with Crippen molar-refractivity contribution in [2.75, 3.05) is 11.9 Å². The van der Waals surface area contributed by atoms with Crippen LogP contribution < -0.4 is 4.90 Å². The zero-order valence-corrected chi connectivity index (χ0v) is 10.0. The van der Waals surface area contributed by atoms with Gasteiger partial charge in [0.05, 0.1) is 0 Å². The smallest absolute Gasteiger partial charge is 0.171 e. The zero-order chi connectivity index (χ0) is 12.3. The average molecular weight is 252 g/mol. The van der Waals surface area contributed by atoms with Crippen LogP contribution in [0.2, 0.25) is 5.15 Å². The van der Waals surface area contributed by atoms with E-state index in [2.05, 4.69) is 9.97 Å². The van der Waals surface area contributed by atoms with Crippen LogP contribution in [0.15, 0.2) is 36.7 Å². The Hall–Kier alpha value is -1.68. The molecule has 0 fully saturated rings. The van der Waals surface area contributed by atoms with E-state index in [1.165, 1.54) is 18.3 Å². The van der Waals surface area contributed by atoms with Gasteiger partial charge in [-0.3, -0.25) is 0 Å². The molecule has 0 saturated carbocycles. The largest absolute Gasteiger partial charge is 0.353 e. The Balaban J connectivity index is 2.14. The lowest BCUT2D eigenvalue weighted by molar-refractivity contribution is 0.627. The van der Waals surface area contributed by atoms with E-state index >= 15 is 0 Å². The Labute approximate surface area is 104 Å². The highest BCUT2D eigenvalue weighted by molar-refractivity contribution is 6.31. The lowest BCUT2D eigenvalue weighted by Crippen LogP contribution is -2.18. The third-order valence-corrected chi connectivity index (χ3v) is 2.60. The zero-order valence-electron chi connectivity index (χ0n) is 9.27. The highest BCUT2D eigenvalue weighted by atomic mass is 35.5. The predicted octanol–water partition coefficient (Wildman–Crippen LogP) is 2.91. The predicted molar refractivity (Wildman–Crippen MR) is 65.5 cm³/mol. The Bertz CT molecular complexity index is 501. The highest BCUT2D eigenvalue weighted by Gasteiger charge is 2.08. The summed E-state index contributed by atoms with van der Waals surface area (Å²) in [5, 5.41) is 0.358. The van der Waals surface area contributed by atoms with Crippen molar-refractivity contribution in [2.45, 2.75) is 6.54 Å². The normalized spacial score (nSPS) is 10.3. The molecule has 5 heteroatoms. The van der Waals surface area contributed by atoms with Gasteiger partial charge in [0.1, 0.15) is 5.82 Å². The van der Waals surface area contributed by atoms with Crippen LogP contribution >= 0.6 is 11.6 Å². The molecule has 1 aromatic carbocycles. The average Bonchev–Trinajstić information content (AvgIpc) is 2.32. The van der Waals surface area contributed by atoms with Crippen molar-refractivity contribution in [3.8, 4) is 0 Å². The monoisotopic (exact) mass is 251 g/mol. The van der Waals surface area contributed by atoms with E-state index in [0.717, 1.165) is 5.56 Å². The maximum absolute atomic E-state index is 12.8. The summed E-state index contributed by atoms with van der Waals surface area (Å²) in [6, 6.07) is 6.33. The van der Waals surface area contributed by atoms with Crippen LogP contribution in [0, 0.1) is 5.82 Å². The number of anilines is 1. The molecule has 2 aromatic rings. The molecule has 0 bridgehead atoms. The van der Waals surface area contributed by atoms with Gasteiger partial charge in [-0.25, -0.2) is 14.4 Å². The molecule has 0 aliphatic rings. The number of rotatable bonds is 3. The van der Waals surface area contributed by atoms with Gasteiger partial charge in [-0.05, 0) is 17.7 Å². The number of aromatic nitrogens is 2. The fraction of sp³-hybridized carbons (Fsp3) is 0.167. The molecule has 0 atom stereocenters. The minimum absolute atomic E-state index is 0.242. The summed E-state index contributed by atoms with van der Waals surface area (Å²) in [5.41, 5.74) is 0.982. The van der Waals surface area contributed by atoms with Crippen molar-refractivity contribution in [1.29, 1.82) is 0 Å². The van der Waals surface area contributed by atoms with E-state index < -0.39 is 0 Å². The maximum atomic E-state index is 12.8. The molecule has 0 spiro atoms. The second kappa shape index (κ2) is 5.10. The molecular weight excluding hydrogens is 241 g/mol. The van der Waals surface area contributed by atoms with Crippen molar-refractivity contribution in [3.05, 3.63) is 53.2 Å². The Kier molecular flexibility index (Phi) is 3.54. The molecule has 0 aliphatic heterocycles. The number of hydrogen-bond donors (Lipinski definition) is 0. The summed E-state index contributed by atoms with van der Waals surface area (Å²) in [6.45, 7) is 0.596. The van der Waals surface area contributed by atoms with E-state index in [4.69, 9.17) is 11.6 Å². The fourth-order valence-corrected chi connectivity index (χ4v) is 1.76. The molecule has 0 unspecified atom stereocenters. The molecule has 3 nitrogen and oxygen atoms in total. The van der Waals surface area contributed by atoms with Crippen LogP contribution in [0.4, 0.5) is 10.2 Å². The van der Waals surface area contributed by atoms with Gasteiger partial charge in [0.2, 0.25) is 0 Å². The molecule has 88 valence electrons. The number of nitrogens with zero attached hydrogens (tertiary/aromatic N) is 3. The van der Waals surface area contributed by atoms with Gasteiger partial charge in [-0.1, -0.05) is 23.7 Å². The van der Waals surface area contributed by atoms with Gasteiger partial charge in [-0.15, -0.1) is 0 Å². The van der Waals surface area contributed by atoms with Gasteiger partial charge in [0.15, 0.2) is 11.0 Å². The first-order valence-electron chi connectivity index (χ1n) is 5.09. The molecule has 2 rings (SSSR count). The van der Waals surface area contributed by atoms with Crippen molar-refractivity contribution >= 4 is 17.4 Å².